The summed E-state index contributed by atoms with van der Waals surface area (Å²) in [6.07, 6.45) is -4.45. The zero-order chi connectivity index (χ0) is 21.3. The predicted octanol–water partition coefficient (Wildman–Crippen LogP) is 6.10. The third kappa shape index (κ3) is 3.54. The molecule has 0 spiro atoms. The minimum absolute atomic E-state index is 0.177. The topological polar surface area (TPSA) is 92.4 Å². The van der Waals surface area contributed by atoms with Crippen LogP contribution in [0.25, 0.3) is 44.0 Å². The van der Waals surface area contributed by atoms with Gasteiger partial charge in [0, 0.05) is 16.0 Å². The Balaban J connectivity index is 1.94. The summed E-state index contributed by atoms with van der Waals surface area (Å²) >= 11 is 6.64. The summed E-state index contributed by atoms with van der Waals surface area (Å²) in [6, 6.07) is 13.6. The molecule has 30 heavy (non-hydrogen) atoms. The number of benzene rings is 2. The molecule has 0 N–H and O–H groups in total. The molecule has 2 aromatic heterocycles. The zero-order valence-corrected chi connectivity index (χ0v) is 15.8. The van der Waals surface area contributed by atoms with E-state index in [0.717, 1.165) is 17.7 Å². The van der Waals surface area contributed by atoms with Crippen LogP contribution in [0.3, 0.4) is 0 Å². The van der Waals surface area contributed by atoms with E-state index in [1.165, 1.54) is 16.8 Å². The van der Waals surface area contributed by atoms with Crippen LogP contribution in [0.4, 0.5) is 13.2 Å². The van der Waals surface area contributed by atoms with Gasteiger partial charge in [-0.3, -0.25) is 0 Å². The van der Waals surface area contributed by atoms with Crippen molar-refractivity contribution < 1.29 is 13.2 Å². The lowest BCUT2D eigenvalue weighted by atomic mass is 10.1. The highest BCUT2D eigenvalue weighted by Gasteiger charge is 2.30. The number of halogens is 4. The summed E-state index contributed by atoms with van der Waals surface area (Å²) in [6.45, 7) is -0.177. The first-order valence-electron chi connectivity index (χ1n) is 8.56. The summed E-state index contributed by atoms with van der Waals surface area (Å²) < 4.78 is 40.1. The van der Waals surface area contributed by atoms with Gasteiger partial charge >= 0.3 is 6.18 Å². The van der Waals surface area contributed by atoms with E-state index in [4.69, 9.17) is 17.1 Å². The van der Waals surface area contributed by atoms with Gasteiger partial charge < -0.3 is 0 Å². The monoisotopic (exact) mass is 429 g/mol. The van der Waals surface area contributed by atoms with Crippen LogP contribution in [0, 0.1) is 0 Å². The zero-order valence-electron chi connectivity index (χ0n) is 15.0. The van der Waals surface area contributed by atoms with E-state index in [1.54, 1.807) is 0 Å². The molecule has 2 aromatic carbocycles. The maximum Gasteiger partial charge on any atom is 0.416 e. The van der Waals surface area contributed by atoms with E-state index in [1.807, 2.05) is 30.3 Å². The Morgan fingerprint density at radius 1 is 0.967 bits per heavy atom. The first-order chi connectivity index (χ1) is 14.4. The molecule has 0 aliphatic heterocycles. The van der Waals surface area contributed by atoms with Gasteiger partial charge in [0.25, 0.3) is 0 Å². The van der Waals surface area contributed by atoms with Crippen LogP contribution >= 0.6 is 11.6 Å². The first kappa shape index (κ1) is 19.7. The largest absolute Gasteiger partial charge is 0.416 e. The molecule has 2 heterocycles. The molecule has 0 unspecified atom stereocenters. The maximum atomic E-state index is 12.9. The Morgan fingerprint density at radius 2 is 1.63 bits per heavy atom. The normalized spacial score (nSPS) is 11.5. The van der Waals surface area contributed by atoms with Crippen LogP contribution < -0.4 is 0 Å². The van der Waals surface area contributed by atoms with Crippen LogP contribution in [0.5, 0.6) is 0 Å². The molecule has 0 bridgehead atoms. The lowest BCUT2D eigenvalue weighted by Gasteiger charge is -2.07. The van der Waals surface area contributed by atoms with Crippen molar-refractivity contribution in [3.8, 4) is 22.5 Å². The molecular weight excluding hydrogens is 419 g/mol. The highest BCUT2D eigenvalue weighted by molar-refractivity contribution is 6.38. The summed E-state index contributed by atoms with van der Waals surface area (Å²) in [5.41, 5.74) is 9.94. The molecule has 0 fully saturated rings. The van der Waals surface area contributed by atoms with Crippen LogP contribution in [0.2, 0.25) is 5.02 Å². The number of hydrogen-bond acceptors (Lipinski definition) is 4. The van der Waals surface area contributed by atoms with Crippen LogP contribution in [0.15, 0.2) is 59.7 Å². The number of aromatic nitrogens is 4. The summed E-state index contributed by atoms with van der Waals surface area (Å²) in [5.74, 6) is 0. The van der Waals surface area contributed by atoms with E-state index in [0.29, 0.717) is 22.3 Å². The lowest BCUT2D eigenvalue weighted by molar-refractivity contribution is -0.137. The fourth-order valence-corrected chi connectivity index (χ4v) is 3.32. The molecule has 0 radical (unpaired) electrons. The number of fused-ring (bicyclic) bond motifs is 1. The van der Waals surface area contributed by atoms with Crippen LogP contribution in [-0.2, 0) is 12.8 Å². The summed E-state index contributed by atoms with van der Waals surface area (Å²) in [5, 5.41) is 16.8. The molecule has 0 saturated heterocycles. The van der Waals surface area contributed by atoms with Gasteiger partial charge in [-0.05, 0) is 17.7 Å². The van der Waals surface area contributed by atoms with E-state index in [9.17, 15) is 13.2 Å². The Bertz CT molecular complexity index is 1260. The maximum absolute atomic E-state index is 12.9. The lowest BCUT2D eigenvalue weighted by Crippen LogP contribution is -2.04. The van der Waals surface area contributed by atoms with E-state index in [-0.39, 0.29) is 17.3 Å². The second kappa shape index (κ2) is 7.66. The molecular formula is C19H11ClF3N7. The Hall–Kier alpha value is -3.62. The molecule has 150 valence electrons. The quantitative estimate of drug-likeness (QED) is 0.223. The van der Waals surface area contributed by atoms with E-state index < -0.39 is 11.7 Å². The number of alkyl halides is 3. The molecule has 0 atom stereocenters. The molecule has 11 heteroatoms. The van der Waals surface area contributed by atoms with Crippen molar-refractivity contribution in [2.45, 2.75) is 12.8 Å². The van der Waals surface area contributed by atoms with E-state index in [2.05, 4.69) is 25.3 Å². The van der Waals surface area contributed by atoms with Gasteiger partial charge in [-0.25, -0.2) is 4.68 Å². The molecule has 0 amide bonds. The molecule has 4 rings (SSSR count). The standard InChI is InChI=1S/C19H11ClF3N7/c20-15-14-16(12-6-8-13(9-7-12)19(21,22)23)28-30(10-25-29-24)18(14)27-26-17(15)11-4-2-1-3-5-11/h1-9H,10H2. The van der Waals surface area contributed by atoms with Crippen molar-refractivity contribution in [2.24, 2.45) is 5.11 Å². The SMILES string of the molecule is [N-]=[N+]=NCn1nc(-c2ccc(C(F)(F)F)cc2)c2c(Cl)c(-c3ccccc3)nnc21. The second-order valence-electron chi connectivity index (χ2n) is 6.22. The van der Waals surface area contributed by atoms with Crippen LogP contribution in [-0.4, -0.2) is 20.0 Å². The van der Waals surface area contributed by atoms with E-state index >= 15 is 0 Å². The van der Waals surface area contributed by atoms with Gasteiger partial charge in [0.2, 0.25) is 0 Å². The van der Waals surface area contributed by atoms with Crippen molar-refractivity contribution in [1.29, 1.82) is 0 Å². The van der Waals surface area contributed by atoms with Gasteiger partial charge in [-0.15, -0.1) is 10.2 Å². The molecule has 0 aliphatic rings. The number of azide groups is 1. The number of rotatable bonds is 4. The third-order valence-corrected chi connectivity index (χ3v) is 4.76. The van der Waals surface area contributed by atoms with Crippen LogP contribution in [0.1, 0.15) is 5.56 Å². The first-order valence-corrected chi connectivity index (χ1v) is 8.94. The number of hydrogen-bond donors (Lipinski definition) is 0. The molecule has 0 saturated carbocycles. The Morgan fingerprint density at radius 3 is 2.27 bits per heavy atom. The second-order valence-corrected chi connectivity index (χ2v) is 6.60. The highest BCUT2D eigenvalue weighted by Crippen LogP contribution is 2.38. The predicted molar refractivity (Wildman–Crippen MR) is 105 cm³/mol. The average molecular weight is 430 g/mol. The van der Waals surface area contributed by atoms with Gasteiger partial charge in [-0.2, -0.15) is 18.3 Å². The summed E-state index contributed by atoms with van der Waals surface area (Å²) in [7, 11) is 0. The van der Waals surface area contributed by atoms with Crippen molar-refractivity contribution in [1.82, 2.24) is 20.0 Å². The van der Waals surface area contributed by atoms with Crippen molar-refractivity contribution in [3.05, 3.63) is 75.6 Å². The molecule has 4 aromatic rings. The highest BCUT2D eigenvalue weighted by atomic mass is 35.5. The van der Waals surface area contributed by atoms with Crippen molar-refractivity contribution in [3.63, 3.8) is 0 Å². The van der Waals surface area contributed by atoms with Gasteiger partial charge in [-0.1, -0.05) is 59.2 Å². The Kier molecular flexibility index (Phi) is 5.03. The average Bonchev–Trinajstić information content (AvgIpc) is 3.12. The minimum Gasteiger partial charge on any atom is -0.239 e. The fraction of sp³-hybridized carbons (Fsp3) is 0.105. The van der Waals surface area contributed by atoms with Crippen molar-refractivity contribution >= 4 is 22.6 Å². The minimum atomic E-state index is -4.45. The summed E-state index contributed by atoms with van der Waals surface area (Å²) in [4.78, 5) is 2.70. The van der Waals surface area contributed by atoms with Gasteiger partial charge in [0.15, 0.2) is 5.65 Å². The van der Waals surface area contributed by atoms with Gasteiger partial charge in [0.05, 0.1) is 16.0 Å². The number of nitrogens with zero attached hydrogens (tertiary/aromatic N) is 7. The smallest absolute Gasteiger partial charge is 0.239 e. The molecule has 0 aliphatic carbocycles. The third-order valence-electron chi connectivity index (χ3n) is 4.39. The van der Waals surface area contributed by atoms with Crippen molar-refractivity contribution in [2.75, 3.05) is 0 Å². The van der Waals surface area contributed by atoms with Gasteiger partial charge in [0.1, 0.15) is 18.1 Å². The Labute approximate surface area is 172 Å². The molecule has 7 nitrogen and oxygen atoms in total. The fourth-order valence-electron chi connectivity index (χ4n) is 3.00.